The zero-order chi connectivity index (χ0) is 11.0. The minimum atomic E-state index is 0.0995. The zero-order valence-corrected chi connectivity index (χ0v) is 10.0. The second-order valence-corrected chi connectivity index (χ2v) is 3.54. The number of rotatable bonds is 5. The molecule has 0 aromatic carbocycles. The first-order valence-corrected chi connectivity index (χ1v) is 5.03. The minimum Gasteiger partial charge on any atom is -0.477 e. The Labute approximate surface area is 92.7 Å². The summed E-state index contributed by atoms with van der Waals surface area (Å²) in [6, 6.07) is 0. The highest BCUT2D eigenvalue weighted by molar-refractivity contribution is 9.11. The first-order valence-electron chi connectivity index (χ1n) is 4.24. The summed E-state index contributed by atoms with van der Waals surface area (Å²) in [6.45, 7) is 7.30. The number of hydrogen-bond acceptors (Lipinski definition) is 3. The van der Waals surface area contributed by atoms with E-state index in [-0.39, 0.29) is 5.78 Å². The van der Waals surface area contributed by atoms with Crippen LogP contribution in [0.25, 0.3) is 0 Å². The van der Waals surface area contributed by atoms with Crippen molar-refractivity contribution in [3.63, 3.8) is 0 Å². The van der Waals surface area contributed by atoms with E-state index in [0.717, 1.165) is 0 Å². The normalized spacial score (nSPS) is 11.8. The summed E-state index contributed by atoms with van der Waals surface area (Å²) in [7, 11) is 0. The molecule has 0 amide bonds. The fraction of sp³-hybridized carbons (Fsp3) is 0.400. The topological polar surface area (TPSA) is 38.7 Å². The molecule has 0 aromatic heterocycles. The summed E-state index contributed by atoms with van der Waals surface area (Å²) in [4.78, 5) is 14.6. The summed E-state index contributed by atoms with van der Waals surface area (Å²) >= 11 is 3.10. The van der Waals surface area contributed by atoms with Gasteiger partial charge in [0.25, 0.3) is 0 Å². The molecule has 0 unspecified atom stereocenters. The van der Waals surface area contributed by atoms with E-state index in [9.17, 15) is 4.79 Å². The first kappa shape index (κ1) is 13.1. The van der Waals surface area contributed by atoms with Gasteiger partial charge in [-0.25, -0.2) is 4.99 Å². The van der Waals surface area contributed by atoms with Crippen LogP contribution in [0.3, 0.4) is 0 Å². The summed E-state index contributed by atoms with van der Waals surface area (Å²) < 4.78 is 5.75. The Morgan fingerprint density at radius 3 is 2.71 bits per heavy atom. The van der Waals surface area contributed by atoms with Crippen molar-refractivity contribution in [1.82, 2.24) is 0 Å². The smallest absolute Gasteiger partial charge is 0.213 e. The lowest BCUT2D eigenvalue weighted by Crippen LogP contribution is -2.06. The van der Waals surface area contributed by atoms with Crippen LogP contribution in [0.15, 0.2) is 28.3 Å². The van der Waals surface area contributed by atoms with Crippen LogP contribution in [-0.2, 0) is 9.53 Å². The van der Waals surface area contributed by atoms with Crippen LogP contribution >= 0.6 is 15.9 Å². The van der Waals surface area contributed by atoms with E-state index in [4.69, 9.17) is 4.74 Å². The fourth-order valence-corrected chi connectivity index (χ4v) is 0.854. The number of allylic oxidation sites excluding steroid dienone is 1. The van der Waals surface area contributed by atoms with Gasteiger partial charge in [0.2, 0.25) is 5.90 Å². The number of nitrogens with zero attached hydrogens (tertiary/aromatic N) is 1. The maximum atomic E-state index is 10.6. The van der Waals surface area contributed by atoms with Gasteiger partial charge in [0, 0.05) is 6.42 Å². The predicted octanol–water partition coefficient (Wildman–Crippen LogP) is 2.82. The van der Waals surface area contributed by atoms with E-state index in [1.54, 1.807) is 6.08 Å². The first-order chi connectivity index (χ1) is 6.56. The molecule has 0 N–H and O–H groups in total. The molecule has 0 aliphatic carbocycles. The molecule has 0 saturated heterocycles. The monoisotopic (exact) mass is 259 g/mol. The van der Waals surface area contributed by atoms with Crippen molar-refractivity contribution in [2.75, 3.05) is 6.61 Å². The molecule has 0 aromatic rings. The molecule has 3 nitrogen and oxygen atoms in total. The van der Waals surface area contributed by atoms with Gasteiger partial charge in [-0.1, -0.05) is 12.7 Å². The quantitative estimate of drug-likeness (QED) is 0.433. The second-order valence-electron chi connectivity index (χ2n) is 2.63. The third-order valence-corrected chi connectivity index (χ3v) is 1.42. The highest BCUT2D eigenvalue weighted by Crippen LogP contribution is 2.04. The predicted molar refractivity (Wildman–Crippen MR) is 61.6 cm³/mol. The van der Waals surface area contributed by atoms with Crippen LogP contribution in [0, 0.1) is 0 Å². The molecule has 0 aliphatic heterocycles. The van der Waals surface area contributed by atoms with Crippen molar-refractivity contribution < 1.29 is 9.53 Å². The van der Waals surface area contributed by atoms with Gasteiger partial charge < -0.3 is 4.74 Å². The number of hydrogen-bond donors (Lipinski definition) is 0. The van der Waals surface area contributed by atoms with E-state index in [1.807, 2.05) is 13.0 Å². The number of carbonyl (C=O) groups excluding carboxylic acids is 1. The van der Waals surface area contributed by atoms with E-state index in [1.165, 1.54) is 6.92 Å². The van der Waals surface area contributed by atoms with Gasteiger partial charge in [-0.15, -0.1) is 0 Å². The molecular formula is C10H14BrNO2. The number of aliphatic imine (C=N–C) groups is 1. The molecule has 0 bridgehead atoms. The Morgan fingerprint density at radius 1 is 1.64 bits per heavy atom. The van der Waals surface area contributed by atoms with E-state index in [2.05, 4.69) is 27.5 Å². The highest BCUT2D eigenvalue weighted by Gasteiger charge is 1.97. The van der Waals surface area contributed by atoms with E-state index < -0.39 is 0 Å². The van der Waals surface area contributed by atoms with Crippen LogP contribution in [0.5, 0.6) is 0 Å². The number of ether oxygens (including phenoxy) is 1. The van der Waals surface area contributed by atoms with Gasteiger partial charge >= 0.3 is 0 Å². The third kappa shape index (κ3) is 7.73. The van der Waals surface area contributed by atoms with Crippen molar-refractivity contribution in [3.05, 3.63) is 23.3 Å². The Morgan fingerprint density at radius 2 is 2.29 bits per heavy atom. The number of halogens is 1. The average Bonchev–Trinajstić information content (AvgIpc) is 2.02. The van der Waals surface area contributed by atoms with Crippen LogP contribution in [0.1, 0.15) is 20.3 Å². The van der Waals surface area contributed by atoms with Crippen molar-refractivity contribution in [3.8, 4) is 0 Å². The van der Waals surface area contributed by atoms with Crippen molar-refractivity contribution in [2.45, 2.75) is 20.3 Å². The molecular weight excluding hydrogens is 246 g/mol. The van der Waals surface area contributed by atoms with Gasteiger partial charge in [0.1, 0.15) is 10.4 Å². The van der Waals surface area contributed by atoms with Gasteiger partial charge in [-0.2, -0.15) is 0 Å². The highest BCUT2D eigenvalue weighted by atomic mass is 79.9. The lowest BCUT2D eigenvalue weighted by atomic mass is 10.3. The van der Waals surface area contributed by atoms with E-state index in [0.29, 0.717) is 23.5 Å². The standard InChI is InChI=1S/C10H14BrNO2/c1-4-5-10(12-9(3)11)14-7-6-8(2)13/h4-5H,3,6-7H2,1-2H3/b5-4-,12-10?. The Kier molecular flexibility index (Phi) is 7.02. The number of carbonyl (C=O) groups is 1. The van der Waals surface area contributed by atoms with Crippen molar-refractivity contribution in [2.24, 2.45) is 4.99 Å². The van der Waals surface area contributed by atoms with Crippen LogP contribution in [0.4, 0.5) is 0 Å². The largest absolute Gasteiger partial charge is 0.477 e. The van der Waals surface area contributed by atoms with Crippen molar-refractivity contribution >= 4 is 27.6 Å². The molecule has 0 heterocycles. The zero-order valence-electron chi connectivity index (χ0n) is 8.42. The summed E-state index contributed by atoms with van der Waals surface area (Å²) in [5.74, 6) is 0.554. The van der Waals surface area contributed by atoms with Crippen LogP contribution in [0.2, 0.25) is 0 Å². The van der Waals surface area contributed by atoms with Gasteiger partial charge in [0.15, 0.2) is 0 Å². The van der Waals surface area contributed by atoms with Crippen LogP contribution in [-0.4, -0.2) is 18.3 Å². The lowest BCUT2D eigenvalue weighted by molar-refractivity contribution is -0.117. The number of ketones is 1. The van der Waals surface area contributed by atoms with Gasteiger partial charge in [-0.05, 0) is 35.9 Å². The Balaban J connectivity index is 4.11. The molecule has 78 valence electrons. The molecule has 0 fully saturated rings. The SMILES string of the molecule is C=C(Br)N=C(/C=C\C)OCCC(C)=O. The van der Waals surface area contributed by atoms with E-state index >= 15 is 0 Å². The maximum absolute atomic E-state index is 10.6. The molecule has 0 spiro atoms. The summed E-state index contributed by atoms with van der Waals surface area (Å²) in [5.41, 5.74) is 0. The average molecular weight is 260 g/mol. The summed E-state index contributed by atoms with van der Waals surface area (Å²) in [5, 5.41) is 0. The molecule has 0 atom stereocenters. The number of Topliss-reactive ketones (excluding diaryl/α,β-unsaturated/α-hetero) is 1. The molecule has 0 aliphatic rings. The Bertz CT molecular complexity index is 269. The van der Waals surface area contributed by atoms with Crippen LogP contribution < -0.4 is 0 Å². The molecule has 0 rings (SSSR count). The minimum absolute atomic E-state index is 0.0995. The fourth-order valence-electron chi connectivity index (χ4n) is 0.679. The maximum Gasteiger partial charge on any atom is 0.213 e. The molecule has 0 saturated carbocycles. The second kappa shape index (κ2) is 7.50. The molecule has 0 radical (unpaired) electrons. The van der Waals surface area contributed by atoms with Gasteiger partial charge in [-0.3, -0.25) is 4.79 Å². The molecule has 14 heavy (non-hydrogen) atoms. The van der Waals surface area contributed by atoms with Gasteiger partial charge in [0.05, 0.1) is 6.61 Å². The third-order valence-electron chi connectivity index (χ3n) is 1.24. The lowest BCUT2D eigenvalue weighted by Gasteiger charge is -2.03. The molecule has 4 heteroatoms. The van der Waals surface area contributed by atoms with Crippen molar-refractivity contribution in [1.29, 1.82) is 0 Å². The summed E-state index contributed by atoms with van der Waals surface area (Å²) in [6.07, 6.45) is 3.92. The Hall–Kier alpha value is -0.900.